The minimum atomic E-state index is -4.08. The second-order valence-corrected chi connectivity index (χ2v) is 12.6. The zero-order valence-corrected chi connectivity index (χ0v) is 24.4. The highest BCUT2D eigenvalue weighted by Crippen LogP contribution is 2.27. The molecule has 39 heavy (non-hydrogen) atoms. The van der Waals surface area contributed by atoms with Crippen molar-refractivity contribution in [3.05, 3.63) is 95.0 Å². The molecule has 206 valence electrons. The summed E-state index contributed by atoms with van der Waals surface area (Å²) in [7, 11) is -4.08. The fourth-order valence-corrected chi connectivity index (χ4v) is 6.63. The van der Waals surface area contributed by atoms with Crippen LogP contribution in [0.2, 0.25) is 0 Å². The standard InChI is InChI=1S/C30H34BrN3O4S/c1-23(30(36)32-26-15-7-3-8-16-26)33(21-24-12-5-2-6-13-24)29(35)22-34(27-17-11-14-25(31)20-27)39(37,38)28-18-9-4-10-19-28/h2,4-6,9-14,17-20,23,26H,3,7-8,15-16,21-22H2,1H3,(H,32,36)/t23-/m1/s1. The first-order chi connectivity index (χ1) is 18.8. The minimum Gasteiger partial charge on any atom is -0.352 e. The Hall–Kier alpha value is -3.17. The summed E-state index contributed by atoms with van der Waals surface area (Å²) in [4.78, 5) is 28.8. The summed E-state index contributed by atoms with van der Waals surface area (Å²) >= 11 is 3.41. The first kappa shape index (κ1) is 28.8. The monoisotopic (exact) mass is 611 g/mol. The second-order valence-electron chi connectivity index (χ2n) is 9.83. The van der Waals surface area contributed by atoms with Gasteiger partial charge in [0, 0.05) is 17.1 Å². The van der Waals surface area contributed by atoms with Crippen LogP contribution in [0.4, 0.5) is 5.69 Å². The Morgan fingerprint density at radius 2 is 1.56 bits per heavy atom. The van der Waals surface area contributed by atoms with E-state index in [1.165, 1.54) is 23.5 Å². The Balaban J connectivity index is 1.65. The molecular formula is C30H34BrN3O4S. The average molecular weight is 613 g/mol. The Kier molecular flexibility index (Phi) is 9.80. The van der Waals surface area contributed by atoms with Crippen LogP contribution in [0.1, 0.15) is 44.6 Å². The van der Waals surface area contributed by atoms with Gasteiger partial charge >= 0.3 is 0 Å². The Morgan fingerprint density at radius 1 is 0.923 bits per heavy atom. The maximum absolute atomic E-state index is 14.0. The number of sulfonamides is 1. The van der Waals surface area contributed by atoms with Crippen LogP contribution in [0.25, 0.3) is 0 Å². The molecule has 3 aromatic rings. The summed E-state index contributed by atoms with van der Waals surface area (Å²) < 4.78 is 29.4. The van der Waals surface area contributed by atoms with Crippen LogP contribution in [0, 0.1) is 0 Å². The van der Waals surface area contributed by atoms with Gasteiger partial charge in [0.2, 0.25) is 11.8 Å². The molecule has 0 aromatic heterocycles. The van der Waals surface area contributed by atoms with Gasteiger partial charge in [-0.1, -0.05) is 89.8 Å². The molecule has 1 N–H and O–H groups in total. The lowest BCUT2D eigenvalue weighted by Crippen LogP contribution is -2.53. The zero-order valence-electron chi connectivity index (χ0n) is 22.0. The highest BCUT2D eigenvalue weighted by molar-refractivity contribution is 9.10. The molecule has 7 nitrogen and oxygen atoms in total. The van der Waals surface area contributed by atoms with Gasteiger partial charge in [0.1, 0.15) is 12.6 Å². The quantitative estimate of drug-likeness (QED) is 0.327. The summed E-state index contributed by atoms with van der Waals surface area (Å²) in [6, 6.07) is 23.6. The van der Waals surface area contributed by atoms with Crippen LogP contribution >= 0.6 is 15.9 Å². The SMILES string of the molecule is C[C@H](C(=O)NC1CCCCC1)N(Cc1ccccc1)C(=O)CN(c1cccc(Br)c1)S(=O)(=O)c1ccccc1. The zero-order chi connectivity index (χ0) is 27.8. The topological polar surface area (TPSA) is 86.8 Å². The molecule has 0 radical (unpaired) electrons. The van der Waals surface area contributed by atoms with Crippen molar-refractivity contribution in [1.82, 2.24) is 10.2 Å². The van der Waals surface area contributed by atoms with Crippen LogP contribution in [0.3, 0.4) is 0 Å². The van der Waals surface area contributed by atoms with Gasteiger partial charge in [-0.3, -0.25) is 13.9 Å². The van der Waals surface area contributed by atoms with Crippen molar-refractivity contribution in [3.63, 3.8) is 0 Å². The van der Waals surface area contributed by atoms with Gasteiger partial charge in [0.05, 0.1) is 10.6 Å². The number of halogens is 1. The van der Waals surface area contributed by atoms with Crippen LogP contribution in [0.5, 0.6) is 0 Å². The number of hydrogen-bond donors (Lipinski definition) is 1. The van der Waals surface area contributed by atoms with E-state index < -0.39 is 28.5 Å². The number of nitrogens with one attached hydrogen (secondary N) is 1. The predicted molar refractivity (Wildman–Crippen MR) is 157 cm³/mol. The minimum absolute atomic E-state index is 0.0791. The summed E-state index contributed by atoms with van der Waals surface area (Å²) in [6.45, 7) is 1.42. The largest absolute Gasteiger partial charge is 0.352 e. The molecule has 0 aliphatic heterocycles. The van der Waals surface area contributed by atoms with Gasteiger partial charge in [0.25, 0.3) is 10.0 Å². The molecule has 3 aromatic carbocycles. The predicted octanol–water partition coefficient (Wildman–Crippen LogP) is 5.51. The summed E-state index contributed by atoms with van der Waals surface area (Å²) in [5.41, 5.74) is 1.20. The molecule has 9 heteroatoms. The van der Waals surface area contributed by atoms with Crippen molar-refractivity contribution < 1.29 is 18.0 Å². The first-order valence-electron chi connectivity index (χ1n) is 13.2. The van der Waals surface area contributed by atoms with Gasteiger partial charge in [-0.05, 0) is 55.7 Å². The maximum Gasteiger partial charge on any atom is 0.264 e. The van der Waals surface area contributed by atoms with Crippen LogP contribution in [-0.4, -0.2) is 43.8 Å². The molecule has 1 aliphatic carbocycles. The van der Waals surface area contributed by atoms with E-state index in [1.54, 1.807) is 49.4 Å². The molecule has 4 rings (SSSR count). The van der Waals surface area contributed by atoms with E-state index >= 15 is 0 Å². The fraction of sp³-hybridized carbons (Fsp3) is 0.333. The number of carbonyl (C=O) groups is 2. The third-order valence-corrected chi connectivity index (χ3v) is 9.30. The van der Waals surface area contributed by atoms with Gasteiger partial charge in [-0.2, -0.15) is 0 Å². The summed E-state index contributed by atoms with van der Waals surface area (Å²) in [6.07, 6.45) is 5.17. The van der Waals surface area contributed by atoms with Crippen LogP contribution in [-0.2, 0) is 26.2 Å². The smallest absolute Gasteiger partial charge is 0.264 e. The number of amides is 2. The van der Waals surface area contributed by atoms with Gasteiger partial charge in [0.15, 0.2) is 0 Å². The second kappa shape index (κ2) is 13.3. The number of carbonyl (C=O) groups excluding carboxylic acids is 2. The average Bonchev–Trinajstić information content (AvgIpc) is 2.95. The molecule has 1 fully saturated rings. The molecule has 0 unspecified atom stereocenters. The lowest BCUT2D eigenvalue weighted by Gasteiger charge is -2.33. The van der Waals surface area contributed by atoms with E-state index in [-0.39, 0.29) is 23.4 Å². The van der Waals surface area contributed by atoms with E-state index in [9.17, 15) is 18.0 Å². The highest BCUT2D eigenvalue weighted by atomic mass is 79.9. The number of rotatable bonds is 10. The van der Waals surface area contributed by atoms with E-state index in [1.807, 2.05) is 30.3 Å². The number of nitrogens with zero attached hydrogens (tertiary/aromatic N) is 2. The van der Waals surface area contributed by atoms with Crippen molar-refractivity contribution in [2.45, 2.75) is 62.6 Å². The molecule has 1 atom stereocenters. The number of benzene rings is 3. The first-order valence-corrected chi connectivity index (χ1v) is 15.5. The molecular weight excluding hydrogens is 578 g/mol. The Labute approximate surface area is 239 Å². The lowest BCUT2D eigenvalue weighted by atomic mass is 9.95. The van der Waals surface area contributed by atoms with Crippen molar-refractivity contribution >= 4 is 43.5 Å². The van der Waals surface area contributed by atoms with Gasteiger partial charge in [-0.25, -0.2) is 8.42 Å². The molecule has 1 saturated carbocycles. The molecule has 1 aliphatic rings. The van der Waals surface area contributed by atoms with E-state index in [0.29, 0.717) is 10.2 Å². The summed E-state index contributed by atoms with van der Waals surface area (Å²) in [5, 5.41) is 3.12. The van der Waals surface area contributed by atoms with Crippen molar-refractivity contribution in [3.8, 4) is 0 Å². The fourth-order valence-electron chi connectivity index (χ4n) is 4.81. The highest BCUT2D eigenvalue weighted by Gasteiger charge is 2.33. The van der Waals surface area contributed by atoms with Crippen molar-refractivity contribution in [1.29, 1.82) is 0 Å². The normalized spacial score (nSPS) is 14.8. The van der Waals surface area contributed by atoms with Gasteiger partial charge < -0.3 is 10.2 Å². The molecule has 0 heterocycles. The van der Waals surface area contributed by atoms with E-state index in [0.717, 1.165) is 35.6 Å². The summed E-state index contributed by atoms with van der Waals surface area (Å²) in [5.74, 6) is -0.698. The molecule has 2 amide bonds. The molecule has 0 saturated heterocycles. The third kappa shape index (κ3) is 7.48. The number of hydrogen-bond acceptors (Lipinski definition) is 4. The van der Waals surface area contributed by atoms with Crippen molar-refractivity contribution in [2.75, 3.05) is 10.8 Å². The molecule has 0 spiro atoms. The third-order valence-electron chi connectivity index (χ3n) is 7.02. The lowest BCUT2D eigenvalue weighted by molar-refractivity contribution is -0.139. The van der Waals surface area contributed by atoms with E-state index in [2.05, 4.69) is 21.2 Å². The maximum atomic E-state index is 14.0. The Morgan fingerprint density at radius 3 is 2.21 bits per heavy atom. The van der Waals surface area contributed by atoms with Crippen molar-refractivity contribution in [2.24, 2.45) is 0 Å². The van der Waals surface area contributed by atoms with Gasteiger partial charge in [-0.15, -0.1) is 0 Å². The Bertz CT molecular complexity index is 1360. The number of anilines is 1. The molecule has 0 bridgehead atoms. The van der Waals surface area contributed by atoms with Crippen LogP contribution in [0.15, 0.2) is 94.3 Å². The van der Waals surface area contributed by atoms with E-state index in [4.69, 9.17) is 0 Å². The van der Waals surface area contributed by atoms with Crippen LogP contribution < -0.4 is 9.62 Å².